The molecule has 5 rings (SSSR count). The number of hydrogen-bond donors (Lipinski definition) is 2. The summed E-state index contributed by atoms with van der Waals surface area (Å²) in [5, 5.41) is 6.53. The number of amides is 2. The van der Waals surface area contributed by atoms with Crippen molar-refractivity contribution >= 4 is 28.3 Å². The number of carbonyl (C=O) groups excluding carboxylic acids is 2. The normalized spacial score (nSPS) is 25.9. The van der Waals surface area contributed by atoms with E-state index >= 15 is 0 Å². The lowest BCUT2D eigenvalue weighted by Crippen LogP contribution is -2.62. The highest BCUT2D eigenvalue weighted by molar-refractivity contribution is 7.10. The minimum absolute atomic E-state index is 0.0428. The van der Waals surface area contributed by atoms with Crippen molar-refractivity contribution in [3.63, 3.8) is 0 Å². The van der Waals surface area contributed by atoms with Gasteiger partial charge in [-0.2, -0.15) is 4.37 Å². The maximum absolute atomic E-state index is 12.7. The fraction of sp³-hybridized carbons (Fsp3) is 0.450. The third-order valence-electron chi connectivity index (χ3n) is 5.60. The number of rotatable bonds is 5. The van der Waals surface area contributed by atoms with E-state index in [0.717, 1.165) is 37.5 Å². The van der Waals surface area contributed by atoms with Gasteiger partial charge in [-0.1, -0.05) is 0 Å². The van der Waals surface area contributed by atoms with Gasteiger partial charge in [0.2, 0.25) is 11.8 Å². The van der Waals surface area contributed by atoms with Crippen LogP contribution in [-0.4, -0.2) is 46.3 Å². The van der Waals surface area contributed by atoms with E-state index in [2.05, 4.69) is 26.8 Å². The lowest BCUT2D eigenvalue weighted by molar-refractivity contribution is -0.114. The first kappa shape index (κ1) is 18.9. The Morgan fingerprint density at radius 1 is 1.21 bits per heavy atom. The summed E-state index contributed by atoms with van der Waals surface area (Å²) in [6, 6.07) is 9.31. The molecule has 3 saturated heterocycles. The SMILES string of the molecule is CC(=O)Nc1cc(Oc2ccc(C(=O)N[C@@H]3C4CCN(CC4)[C@H]3C)cc2)ns1. The van der Waals surface area contributed by atoms with Gasteiger partial charge in [0.1, 0.15) is 10.8 Å². The Balaban J connectivity index is 1.37. The minimum Gasteiger partial charge on any atom is -0.438 e. The number of piperidine rings is 3. The van der Waals surface area contributed by atoms with Crippen molar-refractivity contribution in [1.82, 2.24) is 14.6 Å². The van der Waals surface area contributed by atoms with Gasteiger partial charge >= 0.3 is 0 Å². The number of ether oxygens (including phenoxy) is 1. The molecular formula is C20H24N4O3S. The third kappa shape index (κ3) is 4.02. The zero-order valence-corrected chi connectivity index (χ0v) is 16.8. The first-order valence-corrected chi connectivity index (χ1v) is 10.3. The number of carbonyl (C=O) groups is 2. The number of nitrogens with one attached hydrogen (secondary N) is 2. The van der Waals surface area contributed by atoms with Crippen molar-refractivity contribution in [2.45, 2.75) is 38.8 Å². The molecule has 0 spiro atoms. The summed E-state index contributed by atoms with van der Waals surface area (Å²) in [5.41, 5.74) is 0.619. The van der Waals surface area contributed by atoms with Crippen molar-refractivity contribution in [1.29, 1.82) is 0 Å². The molecule has 3 aliphatic rings. The van der Waals surface area contributed by atoms with Crippen molar-refractivity contribution in [2.75, 3.05) is 18.4 Å². The summed E-state index contributed by atoms with van der Waals surface area (Å²) in [5.74, 6) is 1.38. The Morgan fingerprint density at radius 2 is 1.93 bits per heavy atom. The molecular weight excluding hydrogens is 376 g/mol. The lowest BCUT2D eigenvalue weighted by atomic mass is 9.79. The fourth-order valence-corrected chi connectivity index (χ4v) is 4.74. The van der Waals surface area contributed by atoms with E-state index in [9.17, 15) is 9.59 Å². The van der Waals surface area contributed by atoms with E-state index in [1.165, 1.54) is 6.92 Å². The maximum Gasteiger partial charge on any atom is 0.251 e. The summed E-state index contributed by atoms with van der Waals surface area (Å²) >= 11 is 1.16. The highest BCUT2D eigenvalue weighted by Gasteiger charge is 2.40. The van der Waals surface area contributed by atoms with Crippen molar-refractivity contribution < 1.29 is 14.3 Å². The van der Waals surface area contributed by atoms with Crippen LogP contribution < -0.4 is 15.4 Å². The van der Waals surface area contributed by atoms with Crippen LogP contribution in [0, 0.1) is 5.92 Å². The van der Waals surface area contributed by atoms with Gasteiger partial charge < -0.3 is 15.4 Å². The Labute approximate surface area is 168 Å². The smallest absolute Gasteiger partial charge is 0.251 e. The number of aromatic nitrogens is 1. The van der Waals surface area contributed by atoms with Crippen LogP contribution in [0.1, 0.15) is 37.0 Å². The summed E-state index contributed by atoms with van der Waals surface area (Å²) in [7, 11) is 0. The van der Waals surface area contributed by atoms with Crippen LogP contribution >= 0.6 is 11.5 Å². The molecule has 148 valence electrons. The van der Waals surface area contributed by atoms with Crippen LogP contribution in [-0.2, 0) is 4.79 Å². The maximum atomic E-state index is 12.7. The number of nitrogens with zero attached hydrogens (tertiary/aromatic N) is 2. The molecule has 8 heteroatoms. The number of anilines is 1. The molecule has 2 aromatic rings. The Hall–Kier alpha value is -2.45. The van der Waals surface area contributed by atoms with E-state index < -0.39 is 0 Å². The molecule has 0 saturated carbocycles. The molecule has 28 heavy (non-hydrogen) atoms. The third-order valence-corrected chi connectivity index (χ3v) is 6.29. The number of fused-ring (bicyclic) bond motifs is 3. The summed E-state index contributed by atoms with van der Waals surface area (Å²) in [4.78, 5) is 26.2. The molecule has 2 amide bonds. The second-order valence-electron chi connectivity index (χ2n) is 7.45. The Kier molecular flexibility index (Phi) is 5.32. The van der Waals surface area contributed by atoms with Crippen LogP contribution in [0.4, 0.5) is 5.00 Å². The van der Waals surface area contributed by atoms with Gasteiger partial charge in [0.05, 0.1) is 0 Å². The quantitative estimate of drug-likeness (QED) is 0.806. The van der Waals surface area contributed by atoms with Crippen LogP contribution in [0.2, 0.25) is 0 Å². The van der Waals surface area contributed by atoms with Gasteiger partial charge in [0, 0.05) is 30.6 Å². The molecule has 2 N–H and O–H groups in total. The fourth-order valence-electron chi connectivity index (χ4n) is 4.11. The molecule has 1 aromatic carbocycles. The molecule has 0 radical (unpaired) electrons. The van der Waals surface area contributed by atoms with Crippen LogP contribution in [0.3, 0.4) is 0 Å². The van der Waals surface area contributed by atoms with E-state index in [0.29, 0.717) is 34.2 Å². The molecule has 2 bridgehead atoms. The van der Waals surface area contributed by atoms with E-state index in [1.807, 2.05) is 0 Å². The molecule has 3 aliphatic heterocycles. The second-order valence-corrected chi connectivity index (χ2v) is 8.26. The van der Waals surface area contributed by atoms with Gasteiger partial charge in [-0.3, -0.25) is 14.5 Å². The Morgan fingerprint density at radius 3 is 2.57 bits per heavy atom. The standard InChI is InChI=1S/C20H24N4O3S/c1-12-19(14-7-9-24(12)10-8-14)22-20(26)15-3-5-16(6-4-15)27-17-11-18(28-23-17)21-13(2)25/h3-6,11-12,14,19H,7-10H2,1-2H3,(H,21,25)(H,22,26)/t12-,19-/m0/s1. The van der Waals surface area contributed by atoms with Crippen molar-refractivity contribution in [3.05, 3.63) is 35.9 Å². The molecule has 0 aliphatic carbocycles. The largest absolute Gasteiger partial charge is 0.438 e. The van der Waals surface area contributed by atoms with Crippen LogP contribution in [0.5, 0.6) is 11.6 Å². The molecule has 7 nitrogen and oxygen atoms in total. The number of benzene rings is 1. The van der Waals surface area contributed by atoms with E-state index in [1.54, 1.807) is 30.3 Å². The highest BCUT2D eigenvalue weighted by atomic mass is 32.1. The monoisotopic (exact) mass is 400 g/mol. The second kappa shape index (κ2) is 7.89. The van der Waals surface area contributed by atoms with Crippen molar-refractivity contribution in [3.8, 4) is 11.6 Å². The van der Waals surface area contributed by atoms with Gasteiger partial charge in [-0.15, -0.1) is 0 Å². The topological polar surface area (TPSA) is 83.6 Å². The summed E-state index contributed by atoms with van der Waals surface area (Å²) < 4.78 is 9.84. The zero-order valence-electron chi connectivity index (χ0n) is 16.0. The van der Waals surface area contributed by atoms with E-state index in [4.69, 9.17) is 4.74 Å². The average molecular weight is 401 g/mol. The first-order chi connectivity index (χ1) is 13.5. The van der Waals surface area contributed by atoms with Crippen molar-refractivity contribution in [2.24, 2.45) is 5.92 Å². The molecule has 0 unspecified atom stereocenters. The first-order valence-electron chi connectivity index (χ1n) is 9.57. The van der Waals surface area contributed by atoms with Crippen LogP contribution in [0.25, 0.3) is 0 Å². The predicted octanol–water partition coefficient (Wildman–Crippen LogP) is 3.11. The number of hydrogen-bond acceptors (Lipinski definition) is 6. The average Bonchev–Trinajstić information content (AvgIpc) is 3.11. The Bertz CT molecular complexity index is 857. The molecule has 3 fully saturated rings. The highest BCUT2D eigenvalue weighted by Crippen LogP contribution is 2.32. The zero-order chi connectivity index (χ0) is 19.7. The van der Waals surface area contributed by atoms with Gasteiger partial charge in [-0.05, 0) is 74.6 Å². The predicted molar refractivity (Wildman–Crippen MR) is 108 cm³/mol. The van der Waals surface area contributed by atoms with E-state index in [-0.39, 0.29) is 17.9 Å². The summed E-state index contributed by atoms with van der Waals surface area (Å²) in [6.45, 7) is 5.94. The van der Waals surface area contributed by atoms with Gasteiger partial charge in [-0.25, -0.2) is 0 Å². The summed E-state index contributed by atoms with van der Waals surface area (Å²) in [6.07, 6.45) is 2.33. The van der Waals surface area contributed by atoms with Crippen LogP contribution in [0.15, 0.2) is 30.3 Å². The van der Waals surface area contributed by atoms with Gasteiger partial charge in [0.15, 0.2) is 0 Å². The molecule has 2 atom stereocenters. The van der Waals surface area contributed by atoms with Gasteiger partial charge in [0.25, 0.3) is 5.91 Å². The lowest BCUT2D eigenvalue weighted by Gasteiger charge is -2.49. The molecule has 4 heterocycles. The molecule has 1 aromatic heterocycles. The minimum atomic E-state index is -0.150.